The maximum Gasteiger partial charge on any atom is 0.160 e. The van der Waals surface area contributed by atoms with Gasteiger partial charge in [-0.15, -0.1) is 0 Å². The highest BCUT2D eigenvalue weighted by Crippen LogP contribution is 2.41. The molecule has 0 unspecified atom stereocenters. The Labute approximate surface area is 187 Å². The average Bonchev–Trinajstić information content (AvgIpc) is 2.76. The van der Waals surface area contributed by atoms with E-state index < -0.39 is 0 Å². The van der Waals surface area contributed by atoms with E-state index in [1.807, 2.05) is 61.5 Å². The van der Waals surface area contributed by atoms with Gasteiger partial charge in [-0.3, -0.25) is 4.79 Å². The van der Waals surface area contributed by atoms with Crippen LogP contribution >= 0.6 is 0 Å². The van der Waals surface area contributed by atoms with Crippen LogP contribution in [-0.2, 0) is 11.2 Å². The van der Waals surface area contributed by atoms with E-state index in [1.165, 1.54) is 22.4 Å². The van der Waals surface area contributed by atoms with Crippen molar-refractivity contribution >= 4 is 23.1 Å². The molecule has 1 aromatic carbocycles. The molecule has 0 spiro atoms. The lowest BCUT2D eigenvalue weighted by molar-refractivity contribution is -0.113. The summed E-state index contributed by atoms with van der Waals surface area (Å²) in [4.78, 5) is 14.1. The second-order valence-electron chi connectivity index (χ2n) is 7.00. The van der Waals surface area contributed by atoms with Crippen LogP contribution < -0.4 is 4.90 Å². The lowest BCUT2D eigenvalue weighted by atomic mass is 9.82. The van der Waals surface area contributed by atoms with Crippen molar-refractivity contribution in [1.29, 1.82) is 0 Å². The SMILES string of the molecule is C=C1Cc2cc3c(cc2C=C1C(C)=O)C(C)=CC(C)(C)N3C.CC.CC.CC.CC. The third kappa shape index (κ3) is 6.72. The molecular weight excluding hydrogens is 366 g/mol. The van der Waals surface area contributed by atoms with Crippen LogP contribution in [-0.4, -0.2) is 18.4 Å². The van der Waals surface area contributed by atoms with Gasteiger partial charge < -0.3 is 4.90 Å². The summed E-state index contributed by atoms with van der Waals surface area (Å²) in [5.74, 6) is 0.0962. The second-order valence-corrected chi connectivity index (χ2v) is 7.00. The first-order valence-corrected chi connectivity index (χ1v) is 11.7. The predicted molar refractivity (Wildman–Crippen MR) is 139 cm³/mol. The lowest BCUT2D eigenvalue weighted by Gasteiger charge is -2.41. The van der Waals surface area contributed by atoms with Gasteiger partial charge in [-0.1, -0.05) is 68.0 Å². The van der Waals surface area contributed by atoms with Gasteiger partial charge in [0.2, 0.25) is 0 Å². The smallest absolute Gasteiger partial charge is 0.160 e. The molecule has 0 N–H and O–H groups in total. The highest BCUT2D eigenvalue weighted by atomic mass is 16.1. The van der Waals surface area contributed by atoms with Gasteiger partial charge in [-0.05, 0) is 74.6 Å². The fraction of sp³-hybridized carbons (Fsp3) is 0.536. The van der Waals surface area contributed by atoms with Crippen LogP contribution in [0.5, 0.6) is 0 Å². The molecule has 2 nitrogen and oxygen atoms in total. The number of benzene rings is 1. The van der Waals surface area contributed by atoms with Crippen molar-refractivity contribution in [2.45, 2.75) is 95.0 Å². The molecule has 0 bridgehead atoms. The Kier molecular flexibility index (Phi) is 14.1. The molecule has 1 aromatic rings. The average molecular weight is 414 g/mol. The minimum Gasteiger partial charge on any atom is -0.365 e. The minimum absolute atomic E-state index is 0.0113. The zero-order chi connectivity index (χ0) is 24.2. The number of anilines is 1. The Balaban J connectivity index is 0. The molecule has 0 saturated heterocycles. The zero-order valence-corrected chi connectivity index (χ0v) is 22.1. The summed E-state index contributed by atoms with van der Waals surface area (Å²) in [6.07, 6.45) is 5.06. The van der Waals surface area contributed by atoms with Gasteiger partial charge in [-0.2, -0.15) is 0 Å². The fourth-order valence-electron chi connectivity index (χ4n) is 3.48. The minimum atomic E-state index is 0.0113. The van der Waals surface area contributed by atoms with Crippen molar-refractivity contribution in [3.63, 3.8) is 0 Å². The first-order valence-electron chi connectivity index (χ1n) is 11.7. The number of nitrogens with zero attached hydrogens (tertiary/aromatic N) is 1. The first-order chi connectivity index (χ1) is 14.2. The van der Waals surface area contributed by atoms with Crippen molar-refractivity contribution in [3.05, 3.63) is 52.6 Å². The molecule has 1 heterocycles. The van der Waals surface area contributed by atoms with Crippen molar-refractivity contribution in [3.8, 4) is 0 Å². The highest BCUT2D eigenvalue weighted by Gasteiger charge is 2.30. The Bertz CT molecular complexity index is 763. The van der Waals surface area contributed by atoms with Crippen LogP contribution in [0, 0.1) is 0 Å². The molecular formula is C28H47NO. The van der Waals surface area contributed by atoms with Crippen molar-refractivity contribution < 1.29 is 4.79 Å². The molecule has 0 saturated carbocycles. The van der Waals surface area contributed by atoms with Gasteiger partial charge in [0.1, 0.15) is 0 Å². The highest BCUT2D eigenvalue weighted by molar-refractivity contribution is 6.03. The molecule has 1 aliphatic heterocycles. The number of hydrogen-bond acceptors (Lipinski definition) is 2. The number of hydrogen-bond donors (Lipinski definition) is 0. The summed E-state index contributed by atoms with van der Waals surface area (Å²) < 4.78 is 0. The van der Waals surface area contributed by atoms with Crippen molar-refractivity contribution in [1.82, 2.24) is 0 Å². The van der Waals surface area contributed by atoms with Gasteiger partial charge in [0, 0.05) is 23.9 Å². The van der Waals surface area contributed by atoms with Crippen LogP contribution in [0.1, 0.15) is 99.8 Å². The molecule has 0 amide bonds. The van der Waals surface area contributed by atoms with E-state index >= 15 is 0 Å². The van der Waals surface area contributed by atoms with E-state index in [9.17, 15) is 4.79 Å². The molecule has 0 atom stereocenters. The van der Waals surface area contributed by atoms with Gasteiger partial charge >= 0.3 is 0 Å². The number of rotatable bonds is 1. The number of fused-ring (bicyclic) bond motifs is 2. The summed E-state index contributed by atoms with van der Waals surface area (Å²) in [7, 11) is 2.14. The summed E-state index contributed by atoms with van der Waals surface area (Å²) in [6, 6.07) is 4.49. The maximum atomic E-state index is 11.8. The van der Waals surface area contributed by atoms with E-state index in [4.69, 9.17) is 0 Å². The molecule has 170 valence electrons. The quantitative estimate of drug-likeness (QED) is 0.460. The van der Waals surface area contributed by atoms with Crippen LogP contribution in [0.15, 0.2) is 35.9 Å². The van der Waals surface area contributed by atoms with Crippen molar-refractivity contribution in [2.75, 3.05) is 11.9 Å². The third-order valence-corrected chi connectivity index (χ3v) is 4.94. The normalized spacial score (nSPS) is 14.8. The van der Waals surface area contributed by atoms with Gasteiger partial charge in [0.25, 0.3) is 0 Å². The largest absolute Gasteiger partial charge is 0.365 e. The second kappa shape index (κ2) is 14.0. The molecule has 0 fully saturated rings. The fourth-order valence-corrected chi connectivity index (χ4v) is 3.48. The van der Waals surface area contributed by atoms with Crippen LogP contribution in [0.4, 0.5) is 5.69 Å². The Morgan fingerprint density at radius 1 is 1.00 bits per heavy atom. The molecule has 0 radical (unpaired) electrons. The number of Topliss-reactive ketones (excluding diaryl/α,β-unsaturated/α-hetero) is 1. The summed E-state index contributed by atoms with van der Waals surface area (Å²) in [5, 5.41) is 0. The summed E-state index contributed by atoms with van der Waals surface area (Å²) in [5.41, 5.74) is 7.91. The van der Waals surface area contributed by atoms with E-state index in [-0.39, 0.29) is 11.3 Å². The maximum absolute atomic E-state index is 11.8. The van der Waals surface area contributed by atoms with E-state index in [1.54, 1.807) is 6.92 Å². The number of ketones is 1. The number of likely N-dealkylation sites (N-methyl/N-ethyl adjacent to an activating group) is 1. The predicted octanol–water partition coefficient (Wildman–Crippen LogP) is 8.51. The van der Waals surface area contributed by atoms with Crippen LogP contribution in [0.2, 0.25) is 0 Å². The van der Waals surface area contributed by atoms with Gasteiger partial charge in [0.15, 0.2) is 5.78 Å². The molecule has 30 heavy (non-hydrogen) atoms. The van der Waals surface area contributed by atoms with Crippen molar-refractivity contribution in [2.24, 2.45) is 0 Å². The van der Waals surface area contributed by atoms with Crippen LogP contribution in [0.3, 0.4) is 0 Å². The zero-order valence-electron chi connectivity index (χ0n) is 22.1. The Hall–Kier alpha value is -2.09. The Morgan fingerprint density at radius 3 is 1.97 bits per heavy atom. The topological polar surface area (TPSA) is 20.3 Å². The molecule has 2 aliphatic rings. The molecule has 0 aromatic heterocycles. The first kappa shape index (κ1) is 30.1. The Morgan fingerprint density at radius 2 is 1.50 bits per heavy atom. The standard InChI is InChI=1S/C20H23NO.4C2H6/c1-12-7-15-10-19-18(9-16(15)8-17(12)14(3)22)13(2)11-20(4,5)21(19)6;4*1-2/h8-11H,1,7H2,2-6H3;4*1-2H3. The number of allylic oxidation sites excluding steroid dienone is 3. The van der Waals surface area contributed by atoms with Gasteiger partial charge in [0.05, 0.1) is 5.54 Å². The summed E-state index contributed by atoms with van der Waals surface area (Å²) in [6.45, 7) is 28.3. The molecule has 1 aliphatic carbocycles. The van der Waals surface area contributed by atoms with Gasteiger partial charge in [-0.25, -0.2) is 0 Å². The van der Waals surface area contributed by atoms with Crippen LogP contribution in [0.25, 0.3) is 11.6 Å². The molecule has 2 heteroatoms. The monoisotopic (exact) mass is 413 g/mol. The summed E-state index contributed by atoms with van der Waals surface area (Å²) >= 11 is 0. The number of carbonyl (C=O) groups excluding carboxylic acids is 1. The third-order valence-electron chi connectivity index (χ3n) is 4.94. The van der Waals surface area contributed by atoms with E-state index in [0.717, 1.165) is 23.1 Å². The number of carbonyl (C=O) groups is 1. The van der Waals surface area contributed by atoms with E-state index in [0.29, 0.717) is 0 Å². The lowest BCUT2D eigenvalue weighted by Crippen LogP contribution is -2.42. The van der Waals surface area contributed by atoms with E-state index in [2.05, 4.69) is 57.5 Å². The molecule has 3 rings (SSSR count).